The Balaban J connectivity index is 1.96. The molecule has 0 fully saturated rings. The number of pyridine rings is 1. The lowest BCUT2D eigenvalue weighted by Gasteiger charge is -2.08. The first kappa shape index (κ1) is 13.8. The summed E-state index contributed by atoms with van der Waals surface area (Å²) in [7, 11) is 0. The Kier molecular flexibility index (Phi) is 4.97. The van der Waals surface area contributed by atoms with Gasteiger partial charge >= 0.3 is 0 Å². The molecule has 0 aliphatic heterocycles. The molecule has 0 bridgehead atoms. The van der Waals surface area contributed by atoms with Crippen LogP contribution in [0, 0.1) is 6.92 Å². The number of hydrogen-bond acceptors (Lipinski definition) is 4. The van der Waals surface area contributed by atoms with Crippen molar-refractivity contribution < 1.29 is 4.74 Å². The smallest absolute Gasteiger partial charge is 0.217 e. The highest BCUT2D eigenvalue weighted by Crippen LogP contribution is 2.22. The summed E-state index contributed by atoms with van der Waals surface area (Å²) in [5.74, 6) is 0.997. The molecule has 0 spiro atoms. The van der Waals surface area contributed by atoms with Gasteiger partial charge in [0.1, 0.15) is 0 Å². The van der Waals surface area contributed by atoms with Gasteiger partial charge < -0.3 is 4.74 Å². The first-order chi connectivity index (χ1) is 8.70. The van der Waals surface area contributed by atoms with Gasteiger partial charge in [0.05, 0.1) is 23.7 Å². The minimum atomic E-state index is 0.390. The first-order valence-electron chi connectivity index (χ1n) is 5.43. The van der Waals surface area contributed by atoms with Gasteiger partial charge in [-0.15, -0.1) is 22.9 Å². The standard InChI is InChI=1S/C12H12BrClN2OS/c1-8-11(18-7-16-8)2-3-17-12-9(5-14)4-10(13)6-15-12/h4,6-7H,2-3,5H2,1H3. The number of halogens is 2. The van der Waals surface area contributed by atoms with Crippen LogP contribution in [0.5, 0.6) is 5.88 Å². The molecule has 0 aliphatic carbocycles. The highest BCUT2D eigenvalue weighted by atomic mass is 79.9. The fraction of sp³-hybridized carbons (Fsp3) is 0.333. The zero-order chi connectivity index (χ0) is 13.0. The maximum absolute atomic E-state index is 5.86. The van der Waals surface area contributed by atoms with Crippen molar-refractivity contribution in [2.75, 3.05) is 6.61 Å². The molecule has 0 amide bonds. The molecule has 0 atom stereocenters. The fourth-order valence-electron chi connectivity index (χ4n) is 1.50. The normalized spacial score (nSPS) is 10.6. The van der Waals surface area contributed by atoms with E-state index < -0.39 is 0 Å². The van der Waals surface area contributed by atoms with Crippen molar-refractivity contribution in [3.63, 3.8) is 0 Å². The van der Waals surface area contributed by atoms with Crippen LogP contribution in [0.25, 0.3) is 0 Å². The predicted octanol–water partition coefficient (Wildman–Crippen LogP) is 3.97. The summed E-state index contributed by atoms with van der Waals surface area (Å²) in [6, 6.07) is 1.92. The van der Waals surface area contributed by atoms with Gasteiger partial charge in [0, 0.05) is 27.5 Å². The summed E-state index contributed by atoms with van der Waals surface area (Å²) in [5.41, 5.74) is 3.82. The first-order valence-corrected chi connectivity index (χ1v) is 7.63. The third kappa shape index (κ3) is 3.43. The van der Waals surface area contributed by atoms with Crippen molar-refractivity contribution in [3.8, 4) is 5.88 Å². The maximum Gasteiger partial charge on any atom is 0.217 e. The fourth-order valence-corrected chi connectivity index (χ4v) is 2.83. The minimum absolute atomic E-state index is 0.390. The lowest BCUT2D eigenvalue weighted by Crippen LogP contribution is -2.04. The van der Waals surface area contributed by atoms with Crippen molar-refractivity contribution in [2.45, 2.75) is 19.2 Å². The number of nitrogens with zero attached hydrogens (tertiary/aromatic N) is 2. The quantitative estimate of drug-likeness (QED) is 0.768. The van der Waals surface area contributed by atoms with Crippen LogP contribution in [0.15, 0.2) is 22.2 Å². The van der Waals surface area contributed by atoms with Crippen LogP contribution in [-0.4, -0.2) is 16.6 Å². The molecular formula is C12H12BrClN2OS. The number of thiazole rings is 1. The van der Waals surface area contributed by atoms with Gasteiger partial charge in [-0.1, -0.05) is 0 Å². The van der Waals surface area contributed by atoms with Crippen LogP contribution in [0.1, 0.15) is 16.1 Å². The highest BCUT2D eigenvalue weighted by Gasteiger charge is 2.07. The van der Waals surface area contributed by atoms with Gasteiger partial charge in [-0.3, -0.25) is 0 Å². The summed E-state index contributed by atoms with van der Waals surface area (Å²) in [6.45, 7) is 2.59. The van der Waals surface area contributed by atoms with E-state index in [4.69, 9.17) is 16.3 Å². The predicted molar refractivity (Wildman–Crippen MR) is 77.5 cm³/mol. The number of ether oxygens (including phenoxy) is 1. The molecule has 3 nitrogen and oxygen atoms in total. The Morgan fingerprint density at radius 1 is 1.44 bits per heavy atom. The van der Waals surface area contributed by atoms with Crippen LogP contribution in [0.4, 0.5) is 0 Å². The Morgan fingerprint density at radius 3 is 2.94 bits per heavy atom. The van der Waals surface area contributed by atoms with E-state index in [9.17, 15) is 0 Å². The van der Waals surface area contributed by atoms with Crippen LogP contribution in [0.2, 0.25) is 0 Å². The molecule has 0 aliphatic rings. The molecule has 0 unspecified atom stereocenters. The molecule has 2 aromatic rings. The second-order valence-electron chi connectivity index (χ2n) is 3.71. The second-order valence-corrected chi connectivity index (χ2v) is 5.83. The van der Waals surface area contributed by atoms with E-state index in [1.807, 2.05) is 18.5 Å². The number of hydrogen-bond donors (Lipinski definition) is 0. The van der Waals surface area contributed by atoms with Crippen molar-refractivity contribution in [1.29, 1.82) is 0 Å². The van der Waals surface area contributed by atoms with Crippen molar-refractivity contribution >= 4 is 38.9 Å². The van der Waals surface area contributed by atoms with E-state index in [-0.39, 0.29) is 0 Å². The summed E-state index contributed by atoms with van der Waals surface area (Å²) < 4.78 is 6.58. The average Bonchev–Trinajstić information content (AvgIpc) is 2.77. The monoisotopic (exact) mass is 346 g/mol. The van der Waals surface area contributed by atoms with Gasteiger partial charge in [-0.2, -0.15) is 0 Å². The molecule has 18 heavy (non-hydrogen) atoms. The lowest BCUT2D eigenvalue weighted by atomic mass is 10.3. The third-order valence-corrected chi connectivity index (χ3v) is 4.17. The van der Waals surface area contributed by atoms with E-state index in [1.165, 1.54) is 4.88 Å². The molecule has 6 heteroatoms. The molecule has 2 aromatic heterocycles. The Bertz CT molecular complexity index is 533. The van der Waals surface area contributed by atoms with Crippen LogP contribution >= 0.6 is 38.9 Å². The Labute approximate surface area is 123 Å². The lowest BCUT2D eigenvalue weighted by molar-refractivity contribution is 0.307. The van der Waals surface area contributed by atoms with Gasteiger partial charge in [0.15, 0.2) is 0 Å². The molecule has 0 saturated carbocycles. The zero-order valence-corrected chi connectivity index (χ0v) is 13.0. The van der Waals surface area contributed by atoms with Gasteiger partial charge in [-0.25, -0.2) is 9.97 Å². The second kappa shape index (κ2) is 6.50. The van der Waals surface area contributed by atoms with Gasteiger partial charge in [0.25, 0.3) is 0 Å². The molecule has 96 valence electrons. The summed E-state index contributed by atoms with van der Waals surface area (Å²) in [6.07, 6.45) is 2.55. The Morgan fingerprint density at radius 2 is 2.28 bits per heavy atom. The van der Waals surface area contributed by atoms with E-state index >= 15 is 0 Å². The van der Waals surface area contributed by atoms with E-state index in [0.717, 1.165) is 22.2 Å². The Hall–Kier alpha value is -0.650. The third-order valence-electron chi connectivity index (χ3n) is 2.45. The molecule has 0 aromatic carbocycles. The maximum atomic E-state index is 5.86. The largest absolute Gasteiger partial charge is 0.477 e. The molecular weight excluding hydrogens is 336 g/mol. The number of aryl methyl sites for hydroxylation is 1. The van der Waals surface area contributed by atoms with Gasteiger partial charge in [-0.05, 0) is 28.9 Å². The summed E-state index contributed by atoms with van der Waals surface area (Å²) in [5, 5.41) is 0. The topological polar surface area (TPSA) is 35.0 Å². The zero-order valence-electron chi connectivity index (χ0n) is 9.82. The minimum Gasteiger partial charge on any atom is -0.477 e. The number of alkyl halides is 1. The van der Waals surface area contributed by atoms with Gasteiger partial charge in [0.2, 0.25) is 5.88 Å². The molecule has 0 radical (unpaired) electrons. The number of rotatable bonds is 5. The van der Waals surface area contributed by atoms with Crippen molar-refractivity contribution in [2.24, 2.45) is 0 Å². The van der Waals surface area contributed by atoms with Crippen molar-refractivity contribution in [3.05, 3.63) is 38.4 Å². The number of aromatic nitrogens is 2. The van der Waals surface area contributed by atoms with Crippen molar-refractivity contribution in [1.82, 2.24) is 9.97 Å². The van der Waals surface area contributed by atoms with Crippen LogP contribution in [0.3, 0.4) is 0 Å². The van der Waals surface area contributed by atoms with E-state index in [0.29, 0.717) is 18.4 Å². The molecule has 2 heterocycles. The molecule has 0 N–H and O–H groups in total. The summed E-state index contributed by atoms with van der Waals surface area (Å²) >= 11 is 10.9. The average molecular weight is 348 g/mol. The molecule has 2 rings (SSSR count). The van der Waals surface area contributed by atoms with E-state index in [2.05, 4.69) is 25.9 Å². The van der Waals surface area contributed by atoms with Crippen LogP contribution < -0.4 is 4.74 Å². The molecule has 0 saturated heterocycles. The SMILES string of the molecule is Cc1ncsc1CCOc1ncc(Br)cc1CCl. The van der Waals surface area contributed by atoms with E-state index in [1.54, 1.807) is 17.5 Å². The van der Waals surface area contributed by atoms with Crippen LogP contribution in [-0.2, 0) is 12.3 Å². The highest BCUT2D eigenvalue weighted by molar-refractivity contribution is 9.10. The summed E-state index contributed by atoms with van der Waals surface area (Å²) in [4.78, 5) is 9.68.